The largest absolute Gasteiger partial charge is 0.481 e. The van der Waals surface area contributed by atoms with Gasteiger partial charge in [0, 0.05) is 0 Å². The highest BCUT2D eigenvalue weighted by Crippen LogP contribution is 2.33. The molecule has 0 heterocycles. The number of rotatable bonds is 3. The molecule has 0 spiro atoms. The van der Waals surface area contributed by atoms with E-state index in [4.69, 9.17) is 15.3 Å². The molecule has 6 nitrogen and oxygen atoms in total. The molecule has 0 amide bonds. The van der Waals surface area contributed by atoms with Crippen LogP contribution >= 0.6 is 0 Å². The standard InChI is InChI=1S/C9H11O6/c10-7(11)4-1-5(8(12)13)3-6(2-4)9(14)15/h1,4-6H,2-3H2,(H,10,11)(H,12,13)(H,14,15). The predicted molar refractivity (Wildman–Crippen MR) is 46.9 cm³/mol. The lowest BCUT2D eigenvalue weighted by Crippen LogP contribution is -2.35. The zero-order valence-corrected chi connectivity index (χ0v) is 7.79. The Bertz CT molecular complexity index is 243. The molecule has 3 N–H and O–H groups in total. The van der Waals surface area contributed by atoms with E-state index in [0.717, 1.165) is 0 Å². The molecule has 15 heavy (non-hydrogen) atoms. The van der Waals surface area contributed by atoms with Crippen molar-refractivity contribution in [1.29, 1.82) is 0 Å². The third-order valence-electron chi connectivity index (χ3n) is 2.53. The van der Waals surface area contributed by atoms with Crippen LogP contribution in [0.25, 0.3) is 0 Å². The summed E-state index contributed by atoms with van der Waals surface area (Å²) in [6.45, 7) is 0. The van der Waals surface area contributed by atoms with Gasteiger partial charge in [0.15, 0.2) is 0 Å². The molecule has 0 bridgehead atoms. The Balaban J connectivity index is 2.77. The molecule has 0 aliphatic heterocycles. The summed E-state index contributed by atoms with van der Waals surface area (Å²) in [5, 5.41) is 26.2. The summed E-state index contributed by atoms with van der Waals surface area (Å²) >= 11 is 0. The molecule has 83 valence electrons. The maximum atomic E-state index is 10.7. The molecule has 2 atom stereocenters. The highest BCUT2D eigenvalue weighted by Gasteiger charge is 2.39. The Morgan fingerprint density at radius 3 is 1.53 bits per heavy atom. The summed E-state index contributed by atoms with van der Waals surface area (Å²) in [7, 11) is 0. The van der Waals surface area contributed by atoms with E-state index in [1.54, 1.807) is 0 Å². The van der Waals surface area contributed by atoms with Gasteiger partial charge in [0.2, 0.25) is 0 Å². The SMILES string of the molecule is O=C(O)C1[CH]C(C(=O)O)CC(C(=O)O)C1. The van der Waals surface area contributed by atoms with Crippen molar-refractivity contribution in [3.8, 4) is 0 Å². The molecule has 1 rings (SSSR count). The second kappa shape index (κ2) is 4.29. The molecule has 0 saturated heterocycles. The average molecular weight is 215 g/mol. The zero-order valence-electron chi connectivity index (χ0n) is 7.79. The van der Waals surface area contributed by atoms with Gasteiger partial charge in [0.1, 0.15) is 0 Å². The Morgan fingerprint density at radius 1 is 0.867 bits per heavy atom. The fourth-order valence-corrected chi connectivity index (χ4v) is 1.71. The van der Waals surface area contributed by atoms with Crippen LogP contribution in [0.3, 0.4) is 0 Å². The second-order valence-electron chi connectivity index (χ2n) is 3.59. The van der Waals surface area contributed by atoms with Crippen LogP contribution in [0.1, 0.15) is 12.8 Å². The Hall–Kier alpha value is -1.59. The lowest BCUT2D eigenvalue weighted by molar-refractivity contribution is -0.150. The number of carboxylic acid groups (broad SMARTS) is 3. The normalized spacial score (nSPS) is 30.8. The van der Waals surface area contributed by atoms with Crippen molar-refractivity contribution in [1.82, 2.24) is 0 Å². The fourth-order valence-electron chi connectivity index (χ4n) is 1.71. The minimum absolute atomic E-state index is 0.0333. The number of aliphatic carboxylic acids is 3. The number of hydrogen-bond donors (Lipinski definition) is 3. The number of carboxylic acids is 3. The van der Waals surface area contributed by atoms with Crippen LogP contribution in [-0.2, 0) is 14.4 Å². The van der Waals surface area contributed by atoms with Crippen LogP contribution < -0.4 is 0 Å². The lowest BCUT2D eigenvalue weighted by Gasteiger charge is -2.27. The Labute approximate surface area is 85.5 Å². The summed E-state index contributed by atoms with van der Waals surface area (Å²) in [6, 6.07) is 0. The van der Waals surface area contributed by atoms with Gasteiger partial charge in [-0.25, -0.2) is 0 Å². The van der Waals surface area contributed by atoms with E-state index in [2.05, 4.69) is 0 Å². The third-order valence-corrected chi connectivity index (χ3v) is 2.53. The second-order valence-corrected chi connectivity index (χ2v) is 3.59. The van der Waals surface area contributed by atoms with Crippen molar-refractivity contribution in [2.75, 3.05) is 0 Å². The average Bonchev–Trinajstić information content (AvgIpc) is 2.16. The minimum atomic E-state index is -1.17. The lowest BCUT2D eigenvalue weighted by atomic mass is 9.75. The first-order valence-corrected chi connectivity index (χ1v) is 4.45. The number of hydrogen-bond acceptors (Lipinski definition) is 3. The van der Waals surface area contributed by atoms with Crippen molar-refractivity contribution in [3.05, 3.63) is 6.42 Å². The first-order chi connectivity index (χ1) is 6.91. The zero-order chi connectivity index (χ0) is 11.6. The first-order valence-electron chi connectivity index (χ1n) is 4.45. The summed E-state index contributed by atoms with van der Waals surface area (Å²) in [6.07, 6.45) is 1.13. The fraction of sp³-hybridized carbons (Fsp3) is 0.556. The first kappa shape index (κ1) is 11.5. The maximum absolute atomic E-state index is 10.7. The van der Waals surface area contributed by atoms with Gasteiger partial charge >= 0.3 is 17.9 Å². The summed E-state index contributed by atoms with van der Waals surface area (Å²) < 4.78 is 0. The monoisotopic (exact) mass is 215 g/mol. The molecule has 0 aromatic carbocycles. The van der Waals surface area contributed by atoms with Gasteiger partial charge in [0.05, 0.1) is 17.8 Å². The summed E-state index contributed by atoms with van der Waals surface area (Å²) in [4.78, 5) is 32.0. The smallest absolute Gasteiger partial charge is 0.306 e. The van der Waals surface area contributed by atoms with Gasteiger partial charge in [-0.2, -0.15) is 0 Å². The third kappa shape index (κ3) is 2.68. The highest BCUT2D eigenvalue weighted by atomic mass is 16.4. The van der Waals surface area contributed by atoms with Crippen LogP contribution in [0.4, 0.5) is 0 Å². The summed E-state index contributed by atoms with van der Waals surface area (Å²) in [5.74, 6) is -6.35. The Kier molecular flexibility index (Phi) is 3.28. The van der Waals surface area contributed by atoms with E-state index >= 15 is 0 Å². The van der Waals surface area contributed by atoms with Crippen LogP contribution in [-0.4, -0.2) is 33.2 Å². The van der Waals surface area contributed by atoms with Crippen LogP contribution in [0.2, 0.25) is 0 Å². The van der Waals surface area contributed by atoms with E-state index < -0.39 is 35.7 Å². The molecular weight excluding hydrogens is 204 g/mol. The van der Waals surface area contributed by atoms with Crippen molar-refractivity contribution >= 4 is 17.9 Å². The van der Waals surface area contributed by atoms with Crippen molar-refractivity contribution in [3.63, 3.8) is 0 Å². The molecule has 2 unspecified atom stereocenters. The van der Waals surface area contributed by atoms with E-state index in [1.807, 2.05) is 0 Å². The molecular formula is C9H11O6. The van der Waals surface area contributed by atoms with Gasteiger partial charge < -0.3 is 15.3 Å². The van der Waals surface area contributed by atoms with Crippen molar-refractivity contribution < 1.29 is 29.7 Å². The molecule has 0 aromatic rings. The predicted octanol–water partition coefficient (Wildman–Crippen LogP) is 0.0869. The molecule has 1 fully saturated rings. The molecule has 1 saturated carbocycles. The van der Waals surface area contributed by atoms with E-state index in [1.165, 1.54) is 6.42 Å². The Morgan fingerprint density at radius 2 is 1.27 bits per heavy atom. The topological polar surface area (TPSA) is 112 Å². The van der Waals surface area contributed by atoms with Crippen molar-refractivity contribution in [2.24, 2.45) is 17.8 Å². The molecule has 1 aliphatic rings. The van der Waals surface area contributed by atoms with Gasteiger partial charge in [-0.3, -0.25) is 14.4 Å². The quantitative estimate of drug-likeness (QED) is 0.614. The molecule has 1 aliphatic carbocycles. The maximum Gasteiger partial charge on any atom is 0.306 e. The van der Waals surface area contributed by atoms with Crippen LogP contribution in [0.5, 0.6) is 0 Å². The van der Waals surface area contributed by atoms with Gasteiger partial charge in [-0.05, 0) is 19.3 Å². The van der Waals surface area contributed by atoms with Crippen molar-refractivity contribution in [2.45, 2.75) is 12.8 Å². The molecule has 1 radical (unpaired) electrons. The summed E-state index contributed by atoms with van der Waals surface area (Å²) in [5.41, 5.74) is 0. The van der Waals surface area contributed by atoms with E-state index in [0.29, 0.717) is 0 Å². The van der Waals surface area contributed by atoms with Crippen LogP contribution in [0.15, 0.2) is 0 Å². The van der Waals surface area contributed by atoms with Gasteiger partial charge in [0.25, 0.3) is 0 Å². The molecule has 6 heteroatoms. The van der Waals surface area contributed by atoms with Gasteiger partial charge in [-0.15, -0.1) is 0 Å². The highest BCUT2D eigenvalue weighted by molar-refractivity contribution is 5.80. The van der Waals surface area contributed by atoms with Crippen LogP contribution in [0, 0.1) is 24.2 Å². The number of carbonyl (C=O) groups is 3. The van der Waals surface area contributed by atoms with E-state index in [9.17, 15) is 14.4 Å². The van der Waals surface area contributed by atoms with E-state index in [-0.39, 0.29) is 12.8 Å². The minimum Gasteiger partial charge on any atom is -0.481 e. The molecule has 0 aromatic heterocycles. The van der Waals surface area contributed by atoms with Gasteiger partial charge in [-0.1, -0.05) is 0 Å².